The molecule has 47 heavy (non-hydrogen) atoms. The highest BCUT2D eigenvalue weighted by atomic mass is 35.5. The van der Waals surface area contributed by atoms with Crippen LogP contribution < -0.4 is 0 Å². The molecule has 0 aromatic heterocycles. The number of likely N-dealkylation sites (tertiary alicyclic amines) is 1. The van der Waals surface area contributed by atoms with Crippen LogP contribution in [0.5, 0.6) is 0 Å². The minimum absolute atomic E-state index is 0.00141. The zero-order valence-electron chi connectivity index (χ0n) is 24.9. The molecular formula is C33H30Cl2F6N2O3S. The number of carbonyl (C=O) groups is 1. The predicted molar refractivity (Wildman–Crippen MR) is 167 cm³/mol. The van der Waals surface area contributed by atoms with Crippen LogP contribution in [-0.2, 0) is 44.0 Å². The number of amides is 1. The van der Waals surface area contributed by atoms with Crippen molar-refractivity contribution < 1.29 is 40.1 Å². The molecule has 1 amide bonds. The minimum atomic E-state index is -5.09. The first-order chi connectivity index (χ1) is 22.1. The third-order valence-corrected chi connectivity index (χ3v) is 12.3. The van der Waals surface area contributed by atoms with Crippen LogP contribution in [0.3, 0.4) is 0 Å². The standard InChI is InChI=1S/C33H30Cl2F6N2O3S/c34-27-6-5-23(18-28(27)35)30(7-10-42-11-8-31(9-12-42)26-4-2-1-3-21(26)19-47(31)45)20-43(13-14-46-30)29(44)22-15-24(32(36,37)38)17-25(16-22)33(39,40)41/h1-6,15-18H,7-14,19-20H2/t30-,47?/m0/s1. The molecule has 3 aromatic carbocycles. The lowest BCUT2D eigenvalue weighted by molar-refractivity contribution is -0.143. The molecule has 1 spiro atoms. The van der Waals surface area contributed by atoms with Crippen molar-refractivity contribution in [3.05, 3.63) is 104 Å². The maximum atomic E-state index is 13.6. The molecular weight excluding hydrogens is 689 g/mol. The molecule has 2 saturated heterocycles. The second kappa shape index (κ2) is 12.7. The molecule has 14 heteroatoms. The Labute approximate surface area is 280 Å². The second-order valence-corrected chi connectivity index (χ2v) is 14.8. The molecule has 2 fully saturated rings. The number of carbonyl (C=O) groups excluding carboxylic acids is 1. The van der Waals surface area contributed by atoms with Crippen molar-refractivity contribution in [3.8, 4) is 0 Å². The van der Waals surface area contributed by atoms with Crippen molar-refractivity contribution in [1.29, 1.82) is 0 Å². The average molecular weight is 720 g/mol. The third kappa shape index (κ3) is 6.68. The van der Waals surface area contributed by atoms with Gasteiger partial charge in [-0.25, -0.2) is 0 Å². The van der Waals surface area contributed by atoms with Crippen LogP contribution in [0, 0.1) is 0 Å². The fourth-order valence-electron chi connectivity index (χ4n) is 6.93. The highest BCUT2D eigenvalue weighted by molar-refractivity contribution is 7.85. The van der Waals surface area contributed by atoms with E-state index in [4.69, 9.17) is 27.9 Å². The number of piperidine rings is 1. The van der Waals surface area contributed by atoms with E-state index in [1.54, 1.807) is 18.2 Å². The van der Waals surface area contributed by atoms with E-state index in [2.05, 4.69) is 11.0 Å². The van der Waals surface area contributed by atoms with Gasteiger partial charge < -0.3 is 14.5 Å². The molecule has 0 bridgehead atoms. The van der Waals surface area contributed by atoms with Crippen molar-refractivity contribution in [2.75, 3.05) is 39.3 Å². The largest absolute Gasteiger partial charge is 0.416 e. The van der Waals surface area contributed by atoms with Crippen LogP contribution in [0.4, 0.5) is 26.3 Å². The summed E-state index contributed by atoms with van der Waals surface area (Å²) in [6.45, 7) is 1.60. The number of alkyl halides is 6. The van der Waals surface area contributed by atoms with Gasteiger partial charge in [-0.05, 0) is 79.4 Å². The summed E-state index contributed by atoms with van der Waals surface area (Å²) in [6.07, 6.45) is -8.47. The molecule has 1 unspecified atom stereocenters. The number of hydrogen-bond donors (Lipinski definition) is 0. The highest BCUT2D eigenvalue weighted by Gasteiger charge is 2.48. The van der Waals surface area contributed by atoms with Gasteiger partial charge in [-0.3, -0.25) is 9.00 Å². The second-order valence-electron chi connectivity index (χ2n) is 12.2. The van der Waals surface area contributed by atoms with Crippen LogP contribution in [0.25, 0.3) is 0 Å². The summed E-state index contributed by atoms with van der Waals surface area (Å²) < 4.78 is 101. The monoisotopic (exact) mass is 718 g/mol. The van der Waals surface area contributed by atoms with Gasteiger partial charge in [0.05, 0.1) is 39.1 Å². The number of rotatable bonds is 5. The quantitative estimate of drug-likeness (QED) is 0.251. The molecule has 3 heterocycles. The third-order valence-electron chi connectivity index (χ3n) is 9.48. The van der Waals surface area contributed by atoms with Crippen molar-refractivity contribution in [2.45, 2.75) is 47.7 Å². The summed E-state index contributed by atoms with van der Waals surface area (Å²) in [7, 11) is -1.04. The first kappa shape index (κ1) is 34.2. The summed E-state index contributed by atoms with van der Waals surface area (Å²) >= 11 is 12.5. The van der Waals surface area contributed by atoms with E-state index in [0.29, 0.717) is 62.3 Å². The minimum Gasteiger partial charge on any atom is -0.367 e. The van der Waals surface area contributed by atoms with E-state index in [1.807, 2.05) is 18.2 Å². The number of nitrogens with zero attached hydrogens (tertiary/aromatic N) is 2. The van der Waals surface area contributed by atoms with Gasteiger partial charge >= 0.3 is 12.4 Å². The summed E-state index contributed by atoms with van der Waals surface area (Å²) in [6, 6.07) is 13.8. The Morgan fingerprint density at radius 1 is 0.872 bits per heavy atom. The molecule has 0 N–H and O–H groups in total. The number of ether oxygens (including phenoxy) is 1. The summed E-state index contributed by atoms with van der Waals surface area (Å²) in [5, 5.41) is 0.509. The Hall–Kier alpha value is -2.64. The average Bonchev–Trinajstić information content (AvgIpc) is 3.31. The molecule has 3 aliphatic heterocycles. The van der Waals surface area contributed by atoms with E-state index >= 15 is 0 Å². The first-order valence-electron chi connectivity index (χ1n) is 15.0. The number of benzene rings is 3. The normalized spacial score (nSPS) is 23.2. The lowest BCUT2D eigenvalue weighted by Crippen LogP contribution is -2.53. The predicted octanol–water partition coefficient (Wildman–Crippen LogP) is 8.04. The Balaban J connectivity index is 1.25. The van der Waals surface area contributed by atoms with Crippen molar-refractivity contribution in [1.82, 2.24) is 9.80 Å². The van der Waals surface area contributed by atoms with Gasteiger partial charge in [0.25, 0.3) is 5.91 Å². The molecule has 5 nitrogen and oxygen atoms in total. The zero-order chi connectivity index (χ0) is 33.8. The summed E-state index contributed by atoms with van der Waals surface area (Å²) in [5.74, 6) is -0.443. The van der Waals surface area contributed by atoms with E-state index in [0.717, 1.165) is 11.1 Å². The molecule has 0 radical (unpaired) electrons. The molecule has 252 valence electrons. The lowest BCUT2D eigenvalue weighted by Gasteiger charge is -2.45. The Kier molecular flexibility index (Phi) is 9.23. The summed E-state index contributed by atoms with van der Waals surface area (Å²) in [5.41, 5.74) is -2.21. The zero-order valence-corrected chi connectivity index (χ0v) is 27.2. The SMILES string of the molecule is O=C(c1cc(C(F)(F)F)cc(C(F)(F)F)c1)N1CCO[C@](CCN2CCC3(CC2)c2ccccc2CS3=O)(c2ccc(Cl)c(Cl)c2)C1. The van der Waals surface area contributed by atoms with Crippen LogP contribution in [0.1, 0.15) is 57.4 Å². The molecule has 2 atom stereocenters. The van der Waals surface area contributed by atoms with Crippen molar-refractivity contribution >= 4 is 39.9 Å². The van der Waals surface area contributed by atoms with Crippen LogP contribution in [-0.4, -0.2) is 59.2 Å². The Morgan fingerprint density at radius 2 is 1.53 bits per heavy atom. The summed E-state index contributed by atoms with van der Waals surface area (Å²) in [4.78, 5) is 17.1. The number of hydrogen-bond acceptors (Lipinski definition) is 4. The topological polar surface area (TPSA) is 49.9 Å². The van der Waals surface area contributed by atoms with Crippen LogP contribution in [0.2, 0.25) is 10.0 Å². The fourth-order valence-corrected chi connectivity index (χ4v) is 9.13. The molecule has 0 aliphatic carbocycles. The Morgan fingerprint density at radius 3 is 2.17 bits per heavy atom. The maximum absolute atomic E-state index is 13.6. The van der Waals surface area contributed by atoms with Gasteiger partial charge in [-0.2, -0.15) is 26.3 Å². The molecule has 3 aromatic rings. The smallest absolute Gasteiger partial charge is 0.367 e. The fraction of sp³-hybridized carbons (Fsp3) is 0.424. The van der Waals surface area contributed by atoms with Crippen molar-refractivity contribution in [3.63, 3.8) is 0 Å². The van der Waals surface area contributed by atoms with Gasteiger partial charge in [0.1, 0.15) is 5.60 Å². The first-order valence-corrected chi connectivity index (χ1v) is 17.1. The highest BCUT2D eigenvalue weighted by Crippen LogP contribution is 2.47. The van der Waals surface area contributed by atoms with E-state index in [1.165, 1.54) is 4.90 Å². The molecule has 0 saturated carbocycles. The van der Waals surface area contributed by atoms with Gasteiger partial charge in [0, 0.05) is 35.2 Å². The molecule has 6 rings (SSSR count). The van der Waals surface area contributed by atoms with E-state index < -0.39 is 56.1 Å². The van der Waals surface area contributed by atoms with Gasteiger partial charge in [-0.15, -0.1) is 0 Å². The lowest BCUT2D eigenvalue weighted by atomic mass is 9.85. The van der Waals surface area contributed by atoms with Gasteiger partial charge in [0.2, 0.25) is 0 Å². The number of halogens is 8. The molecule has 3 aliphatic rings. The maximum Gasteiger partial charge on any atom is 0.416 e. The van der Waals surface area contributed by atoms with Gasteiger partial charge in [0.15, 0.2) is 0 Å². The van der Waals surface area contributed by atoms with E-state index in [9.17, 15) is 35.3 Å². The number of morpholine rings is 1. The van der Waals surface area contributed by atoms with Gasteiger partial charge in [-0.1, -0.05) is 53.5 Å². The van der Waals surface area contributed by atoms with Crippen LogP contribution >= 0.6 is 23.2 Å². The number of fused-ring (bicyclic) bond motifs is 2. The van der Waals surface area contributed by atoms with E-state index in [-0.39, 0.29) is 35.8 Å². The van der Waals surface area contributed by atoms with Crippen molar-refractivity contribution in [2.24, 2.45) is 0 Å². The van der Waals surface area contributed by atoms with Crippen LogP contribution in [0.15, 0.2) is 60.7 Å². The Bertz CT molecular complexity index is 1680.